The molecule has 0 amide bonds. The number of hydrogen-bond donors (Lipinski definition) is 1. The summed E-state index contributed by atoms with van der Waals surface area (Å²) in [6.45, 7) is 4.98. The second kappa shape index (κ2) is 7.02. The van der Waals surface area contributed by atoms with Crippen LogP contribution in [-0.4, -0.2) is 23.7 Å². The van der Waals surface area contributed by atoms with Crippen LogP contribution in [0.1, 0.15) is 26.3 Å². The van der Waals surface area contributed by atoms with Crippen molar-refractivity contribution in [2.24, 2.45) is 11.3 Å². The van der Waals surface area contributed by atoms with Crippen molar-refractivity contribution in [2.45, 2.75) is 27.2 Å². The zero-order valence-electron chi connectivity index (χ0n) is 12.2. The monoisotopic (exact) mass is 360 g/mol. The van der Waals surface area contributed by atoms with E-state index in [-0.39, 0.29) is 13.0 Å². The van der Waals surface area contributed by atoms with Crippen LogP contribution in [0.3, 0.4) is 0 Å². The summed E-state index contributed by atoms with van der Waals surface area (Å²) in [5.74, 6) is -3.06. The van der Waals surface area contributed by atoms with Gasteiger partial charge in [-0.3, -0.25) is 9.59 Å². The summed E-state index contributed by atoms with van der Waals surface area (Å²) >= 11 is 3.16. The molecule has 0 aliphatic heterocycles. The highest BCUT2D eigenvalue weighted by Crippen LogP contribution is 2.35. The molecule has 1 rings (SSSR count). The molecule has 1 aromatic carbocycles. The summed E-state index contributed by atoms with van der Waals surface area (Å²) in [6.07, 6.45) is -0.130. The number of benzene rings is 1. The zero-order valence-corrected chi connectivity index (χ0v) is 13.7. The molecule has 0 heterocycles. The third-order valence-electron chi connectivity index (χ3n) is 3.41. The van der Waals surface area contributed by atoms with Gasteiger partial charge in [0.1, 0.15) is 5.82 Å². The zero-order chi connectivity index (χ0) is 16.2. The third kappa shape index (κ3) is 3.81. The smallest absolute Gasteiger partial charge is 0.324 e. The molecule has 0 aliphatic rings. The molecule has 0 radical (unpaired) electrons. The molecule has 6 heteroatoms. The highest BCUT2D eigenvalue weighted by Gasteiger charge is 2.50. The van der Waals surface area contributed by atoms with Crippen molar-refractivity contribution in [1.29, 1.82) is 0 Å². The minimum Gasteiger partial charge on any atom is -0.480 e. The molecule has 116 valence electrons. The Morgan fingerprint density at radius 3 is 2.43 bits per heavy atom. The van der Waals surface area contributed by atoms with Gasteiger partial charge in [-0.15, -0.1) is 0 Å². The van der Waals surface area contributed by atoms with E-state index >= 15 is 0 Å². The number of halogens is 2. The Morgan fingerprint density at radius 2 is 2.00 bits per heavy atom. The van der Waals surface area contributed by atoms with Crippen molar-refractivity contribution in [3.8, 4) is 0 Å². The maximum absolute atomic E-state index is 13.5. The molecule has 0 bridgehead atoms. The van der Waals surface area contributed by atoms with Gasteiger partial charge in [-0.05, 0) is 43.0 Å². The van der Waals surface area contributed by atoms with Crippen LogP contribution in [0.2, 0.25) is 0 Å². The standard InChI is InChI=1S/C15H18BrFO4/c1-4-21-14(20)15(9(2)3,13(18)19)8-10-5-11(16)7-12(17)6-10/h5-7,9H,4,8H2,1-3H3,(H,18,19). The van der Waals surface area contributed by atoms with Gasteiger partial charge in [0.05, 0.1) is 6.61 Å². The summed E-state index contributed by atoms with van der Waals surface area (Å²) in [5, 5.41) is 9.58. The van der Waals surface area contributed by atoms with Crippen molar-refractivity contribution in [1.82, 2.24) is 0 Å². The summed E-state index contributed by atoms with van der Waals surface area (Å²) in [4.78, 5) is 24.0. The summed E-state index contributed by atoms with van der Waals surface area (Å²) in [6, 6.07) is 4.10. The van der Waals surface area contributed by atoms with Gasteiger partial charge in [-0.1, -0.05) is 29.8 Å². The maximum atomic E-state index is 13.5. The van der Waals surface area contributed by atoms with Gasteiger partial charge < -0.3 is 9.84 Å². The highest BCUT2D eigenvalue weighted by molar-refractivity contribution is 9.10. The molecule has 21 heavy (non-hydrogen) atoms. The van der Waals surface area contributed by atoms with Gasteiger partial charge in [-0.2, -0.15) is 0 Å². The van der Waals surface area contributed by atoms with Crippen LogP contribution in [0.15, 0.2) is 22.7 Å². The first-order valence-electron chi connectivity index (χ1n) is 6.59. The molecule has 4 nitrogen and oxygen atoms in total. The molecular weight excluding hydrogens is 343 g/mol. The van der Waals surface area contributed by atoms with E-state index in [1.54, 1.807) is 26.8 Å². The molecule has 1 aromatic rings. The Labute approximate surface area is 131 Å². The lowest BCUT2D eigenvalue weighted by molar-refractivity contribution is -0.172. The van der Waals surface area contributed by atoms with E-state index in [9.17, 15) is 19.1 Å². The Hall–Kier alpha value is -1.43. The quantitative estimate of drug-likeness (QED) is 0.623. The van der Waals surface area contributed by atoms with Crippen molar-refractivity contribution < 1.29 is 23.8 Å². The van der Waals surface area contributed by atoms with Crippen LogP contribution < -0.4 is 0 Å². The number of aliphatic carboxylic acids is 1. The first-order valence-corrected chi connectivity index (χ1v) is 7.39. The number of carbonyl (C=O) groups is 2. The predicted molar refractivity (Wildman–Crippen MR) is 79.3 cm³/mol. The lowest BCUT2D eigenvalue weighted by atomic mass is 9.72. The Morgan fingerprint density at radius 1 is 1.38 bits per heavy atom. The van der Waals surface area contributed by atoms with E-state index in [1.165, 1.54) is 12.1 Å². The molecular formula is C15H18BrFO4. The number of esters is 1. The Kier molecular flexibility index (Phi) is 5.89. The van der Waals surface area contributed by atoms with E-state index in [1.807, 2.05) is 0 Å². The summed E-state index contributed by atoms with van der Waals surface area (Å²) in [7, 11) is 0. The van der Waals surface area contributed by atoms with Gasteiger partial charge in [0, 0.05) is 4.47 Å². The third-order valence-corrected chi connectivity index (χ3v) is 3.87. The first kappa shape index (κ1) is 17.6. The fourth-order valence-corrected chi connectivity index (χ4v) is 2.73. The van der Waals surface area contributed by atoms with Crippen LogP contribution in [0.25, 0.3) is 0 Å². The topological polar surface area (TPSA) is 63.6 Å². The molecule has 1 N–H and O–H groups in total. The average molecular weight is 361 g/mol. The van der Waals surface area contributed by atoms with Crippen LogP contribution in [0.4, 0.5) is 4.39 Å². The second-order valence-electron chi connectivity index (χ2n) is 5.11. The fraction of sp³-hybridized carbons (Fsp3) is 0.467. The number of carboxylic acids is 1. The number of ether oxygens (including phenoxy) is 1. The van der Waals surface area contributed by atoms with Crippen LogP contribution >= 0.6 is 15.9 Å². The molecule has 1 unspecified atom stereocenters. The van der Waals surface area contributed by atoms with Gasteiger partial charge in [0.2, 0.25) is 0 Å². The largest absolute Gasteiger partial charge is 0.480 e. The van der Waals surface area contributed by atoms with Crippen LogP contribution in [0, 0.1) is 17.2 Å². The minimum absolute atomic E-state index is 0.0907. The SMILES string of the molecule is CCOC(=O)C(Cc1cc(F)cc(Br)c1)(C(=O)O)C(C)C. The van der Waals surface area contributed by atoms with Gasteiger partial charge in [0.15, 0.2) is 5.41 Å². The van der Waals surface area contributed by atoms with Crippen molar-refractivity contribution in [2.75, 3.05) is 6.61 Å². The fourth-order valence-electron chi connectivity index (χ4n) is 2.22. The molecule has 0 aromatic heterocycles. The minimum atomic E-state index is -1.73. The Balaban J connectivity index is 3.30. The van der Waals surface area contributed by atoms with Crippen LogP contribution in [-0.2, 0) is 20.7 Å². The second-order valence-corrected chi connectivity index (χ2v) is 6.02. The van der Waals surface area contributed by atoms with Gasteiger partial charge >= 0.3 is 11.9 Å². The first-order chi connectivity index (χ1) is 9.73. The van der Waals surface area contributed by atoms with E-state index in [2.05, 4.69) is 15.9 Å². The molecule has 0 saturated heterocycles. The average Bonchev–Trinajstić information content (AvgIpc) is 2.33. The van der Waals surface area contributed by atoms with Crippen LogP contribution in [0.5, 0.6) is 0 Å². The molecule has 0 saturated carbocycles. The highest BCUT2D eigenvalue weighted by atomic mass is 79.9. The number of carbonyl (C=O) groups excluding carboxylic acids is 1. The molecule has 0 spiro atoms. The molecule has 1 atom stereocenters. The number of hydrogen-bond acceptors (Lipinski definition) is 3. The lowest BCUT2D eigenvalue weighted by Gasteiger charge is -2.31. The normalized spacial score (nSPS) is 13.8. The molecule has 0 fully saturated rings. The van der Waals surface area contributed by atoms with Gasteiger partial charge in [-0.25, -0.2) is 4.39 Å². The van der Waals surface area contributed by atoms with Crippen molar-refractivity contribution in [3.63, 3.8) is 0 Å². The van der Waals surface area contributed by atoms with E-state index in [0.29, 0.717) is 10.0 Å². The van der Waals surface area contributed by atoms with E-state index in [4.69, 9.17) is 4.74 Å². The predicted octanol–water partition coefficient (Wildman–Crippen LogP) is 3.42. The van der Waals surface area contributed by atoms with E-state index in [0.717, 1.165) is 0 Å². The number of rotatable bonds is 6. The Bertz CT molecular complexity index is 524. The van der Waals surface area contributed by atoms with E-state index < -0.39 is 29.1 Å². The summed E-state index contributed by atoms with van der Waals surface area (Å²) < 4.78 is 18.9. The van der Waals surface area contributed by atoms with Crippen molar-refractivity contribution >= 4 is 27.9 Å². The van der Waals surface area contributed by atoms with Gasteiger partial charge in [0.25, 0.3) is 0 Å². The summed E-state index contributed by atoms with van der Waals surface area (Å²) in [5.41, 5.74) is -1.31. The maximum Gasteiger partial charge on any atom is 0.324 e. The number of carboxylic acid groups (broad SMARTS) is 1. The van der Waals surface area contributed by atoms with Crippen molar-refractivity contribution in [3.05, 3.63) is 34.1 Å². The lowest BCUT2D eigenvalue weighted by Crippen LogP contribution is -2.47. The molecule has 0 aliphatic carbocycles.